The van der Waals surface area contributed by atoms with Gasteiger partial charge in [-0.05, 0) is 31.0 Å². The van der Waals surface area contributed by atoms with Crippen molar-refractivity contribution in [2.75, 3.05) is 6.61 Å². The highest BCUT2D eigenvalue weighted by atomic mass is 16.5. The lowest BCUT2D eigenvalue weighted by atomic mass is 10.1. The maximum atomic E-state index is 5.73. The normalized spacial score (nSPS) is 12.3. The Balaban J connectivity index is 2.27. The van der Waals surface area contributed by atoms with Crippen LogP contribution >= 0.6 is 0 Å². The highest BCUT2D eigenvalue weighted by Crippen LogP contribution is 2.24. The minimum atomic E-state index is -0.143. The van der Waals surface area contributed by atoms with Crippen LogP contribution in [-0.4, -0.2) is 16.2 Å². The van der Waals surface area contributed by atoms with E-state index in [0.717, 1.165) is 30.1 Å². The summed E-state index contributed by atoms with van der Waals surface area (Å²) in [7, 11) is 0. The zero-order valence-electron chi connectivity index (χ0n) is 12.0. The van der Waals surface area contributed by atoms with E-state index in [4.69, 9.17) is 10.6 Å². The molecule has 0 spiro atoms. The van der Waals surface area contributed by atoms with Crippen LogP contribution in [0, 0.1) is 0 Å². The molecular weight excluding hydrogens is 252 g/mol. The number of ether oxygens (including phenoxy) is 1. The molecule has 108 valence electrons. The first-order chi connectivity index (χ1) is 9.80. The second-order valence-corrected chi connectivity index (χ2v) is 4.59. The molecule has 0 fully saturated rings. The van der Waals surface area contributed by atoms with Crippen molar-refractivity contribution in [3.8, 4) is 5.75 Å². The third-order valence-electron chi connectivity index (χ3n) is 3.18. The van der Waals surface area contributed by atoms with Gasteiger partial charge in [-0.15, -0.1) is 0 Å². The van der Waals surface area contributed by atoms with E-state index >= 15 is 0 Å². The van der Waals surface area contributed by atoms with Crippen LogP contribution in [0.2, 0.25) is 0 Å². The van der Waals surface area contributed by atoms with E-state index in [0.29, 0.717) is 6.61 Å². The molecule has 1 aromatic carbocycles. The number of hydrazine groups is 1. The van der Waals surface area contributed by atoms with Crippen LogP contribution < -0.4 is 16.0 Å². The Morgan fingerprint density at radius 2 is 2.25 bits per heavy atom. The zero-order chi connectivity index (χ0) is 14.4. The lowest BCUT2D eigenvalue weighted by Crippen LogP contribution is -2.31. The number of benzene rings is 1. The minimum Gasteiger partial charge on any atom is -0.494 e. The van der Waals surface area contributed by atoms with Gasteiger partial charge in [0.1, 0.15) is 17.6 Å². The van der Waals surface area contributed by atoms with Gasteiger partial charge in [0, 0.05) is 18.9 Å². The number of nitrogens with zero attached hydrogens (tertiary/aromatic N) is 2. The van der Waals surface area contributed by atoms with E-state index < -0.39 is 0 Å². The minimum absolute atomic E-state index is 0.143. The van der Waals surface area contributed by atoms with Gasteiger partial charge in [-0.3, -0.25) is 5.84 Å². The molecule has 2 rings (SSSR count). The molecule has 1 atom stereocenters. The lowest BCUT2D eigenvalue weighted by molar-refractivity contribution is 0.317. The highest BCUT2D eigenvalue weighted by molar-refractivity contribution is 5.33. The number of aromatic nitrogens is 2. The number of rotatable bonds is 7. The van der Waals surface area contributed by atoms with Crippen LogP contribution in [0.1, 0.15) is 37.7 Å². The van der Waals surface area contributed by atoms with Crippen LogP contribution in [0.5, 0.6) is 5.75 Å². The van der Waals surface area contributed by atoms with E-state index in [-0.39, 0.29) is 6.04 Å². The number of hydrogen-bond donors (Lipinski definition) is 2. The first kappa shape index (κ1) is 14.6. The third kappa shape index (κ3) is 3.18. The molecule has 3 N–H and O–H groups in total. The monoisotopic (exact) mass is 274 g/mol. The molecule has 1 heterocycles. The summed E-state index contributed by atoms with van der Waals surface area (Å²) in [5.41, 5.74) is 3.88. The third-order valence-corrected chi connectivity index (χ3v) is 3.18. The Labute approximate surface area is 119 Å². The van der Waals surface area contributed by atoms with Crippen molar-refractivity contribution >= 4 is 0 Å². The molecule has 2 aromatic rings. The van der Waals surface area contributed by atoms with Gasteiger partial charge >= 0.3 is 0 Å². The molecule has 1 unspecified atom stereocenters. The van der Waals surface area contributed by atoms with E-state index in [1.54, 1.807) is 6.20 Å². The molecule has 0 aliphatic rings. The van der Waals surface area contributed by atoms with Crippen LogP contribution in [0.15, 0.2) is 36.7 Å². The fourth-order valence-electron chi connectivity index (χ4n) is 2.17. The van der Waals surface area contributed by atoms with Crippen molar-refractivity contribution in [3.05, 3.63) is 48.0 Å². The molecule has 0 amide bonds. The van der Waals surface area contributed by atoms with Crippen molar-refractivity contribution < 1.29 is 4.74 Å². The van der Waals surface area contributed by atoms with Gasteiger partial charge in [-0.1, -0.05) is 19.1 Å². The van der Waals surface area contributed by atoms with Crippen LogP contribution in [0.25, 0.3) is 0 Å². The van der Waals surface area contributed by atoms with Crippen LogP contribution in [0.3, 0.4) is 0 Å². The van der Waals surface area contributed by atoms with Gasteiger partial charge in [0.2, 0.25) is 0 Å². The maximum absolute atomic E-state index is 5.73. The van der Waals surface area contributed by atoms with Gasteiger partial charge in [-0.2, -0.15) is 0 Å². The standard InChI is InChI=1S/C15H22N4O/c1-3-10-20-13-7-5-6-12(11-13)14(18-16)15-17-8-9-19(15)4-2/h5-9,11,14,18H,3-4,10,16H2,1-2H3. The predicted octanol–water partition coefficient (Wildman–Crippen LogP) is 2.24. The highest BCUT2D eigenvalue weighted by Gasteiger charge is 2.17. The second kappa shape index (κ2) is 7.07. The molecule has 1 aromatic heterocycles. The Morgan fingerprint density at radius 3 is 2.95 bits per heavy atom. The molecular formula is C15H22N4O. The molecule has 0 saturated carbocycles. The first-order valence-electron chi connectivity index (χ1n) is 7.00. The summed E-state index contributed by atoms with van der Waals surface area (Å²) in [5, 5.41) is 0. The number of nitrogens with one attached hydrogen (secondary N) is 1. The molecule has 5 heteroatoms. The summed E-state index contributed by atoms with van der Waals surface area (Å²) in [6.07, 6.45) is 4.74. The molecule has 20 heavy (non-hydrogen) atoms. The van der Waals surface area contributed by atoms with Crippen molar-refractivity contribution in [1.29, 1.82) is 0 Å². The summed E-state index contributed by atoms with van der Waals surface area (Å²) in [5.74, 6) is 7.49. The van der Waals surface area contributed by atoms with Crippen LogP contribution in [0.4, 0.5) is 0 Å². The van der Waals surface area contributed by atoms with Gasteiger partial charge in [-0.25, -0.2) is 10.4 Å². The van der Waals surface area contributed by atoms with Crippen molar-refractivity contribution in [3.63, 3.8) is 0 Å². The number of imidazole rings is 1. The fourth-order valence-corrected chi connectivity index (χ4v) is 2.17. The predicted molar refractivity (Wildman–Crippen MR) is 79.3 cm³/mol. The molecule has 0 bridgehead atoms. The Bertz CT molecular complexity index is 538. The van der Waals surface area contributed by atoms with Gasteiger partial charge < -0.3 is 9.30 Å². The maximum Gasteiger partial charge on any atom is 0.131 e. The van der Waals surface area contributed by atoms with Crippen LogP contribution in [-0.2, 0) is 6.54 Å². The summed E-state index contributed by atoms with van der Waals surface area (Å²) in [6.45, 7) is 5.75. The Morgan fingerprint density at radius 1 is 1.40 bits per heavy atom. The lowest BCUT2D eigenvalue weighted by Gasteiger charge is -2.18. The van der Waals surface area contributed by atoms with E-state index in [1.807, 2.05) is 30.5 Å². The summed E-state index contributed by atoms with van der Waals surface area (Å²) in [4.78, 5) is 4.41. The average molecular weight is 274 g/mol. The number of nitrogens with two attached hydrogens (primary N) is 1. The van der Waals surface area contributed by atoms with Crippen molar-refractivity contribution in [1.82, 2.24) is 15.0 Å². The topological polar surface area (TPSA) is 65.1 Å². The second-order valence-electron chi connectivity index (χ2n) is 4.59. The smallest absolute Gasteiger partial charge is 0.131 e. The molecule has 0 radical (unpaired) electrons. The largest absolute Gasteiger partial charge is 0.494 e. The van der Waals surface area contributed by atoms with Gasteiger partial charge in [0.25, 0.3) is 0 Å². The summed E-state index contributed by atoms with van der Waals surface area (Å²) >= 11 is 0. The van der Waals surface area contributed by atoms with E-state index in [9.17, 15) is 0 Å². The molecule has 0 aliphatic heterocycles. The van der Waals surface area contributed by atoms with Crippen molar-refractivity contribution in [2.24, 2.45) is 5.84 Å². The van der Waals surface area contributed by atoms with Crippen molar-refractivity contribution in [2.45, 2.75) is 32.9 Å². The SMILES string of the molecule is CCCOc1cccc(C(NN)c2nccn2CC)c1. The molecule has 0 saturated heterocycles. The first-order valence-corrected chi connectivity index (χ1v) is 7.00. The van der Waals surface area contributed by atoms with Gasteiger partial charge in [0.05, 0.1) is 6.61 Å². The number of aryl methyl sites for hydroxylation is 1. The van der Waals surface area contributed by atoms with Gasteiger partial charge in [0.15, 0.2) is 0 Å². The van der Waals surface area contributed by atoms with E-state index in [1.165, 1.54) is 0 Å². The Kier molecular flexibility index (Phi) is 5.15. The quantitative estimate of drug-likeness (QED) is 0.600. The fraction of sp³-hybridized carbons (Fsp3) is 0.400. The summed E-state index contributed by atoms with van der Waals surface area (Å²) < 4.78 is 7.74. The zero-order valence-corrected chi connectivity index (χ0v) is 12.0. The average Bonchev–Trinajstić information content (AvgIpc) is 2.95. The summed E-state index contributed by atoms with van der Waals surface area (Å²) in [6, 6.07) is 7.82. The molecule has 5 nitrogen and oxygen atoms in total. The number of hydrogen-bond acceptors (Lipinski definition) is 4. The Hall–Kier alpha value is -1.85. The van der Waals surface area contributed by atoms with E-state index in [2.05, 4.69) is 28.8 Å². The molecule has 0 aliphatic carbocycles.